The van der Waals surface area contributed by atoms with E-state index in [9.17, 15) is 42.8 Å². The molecular weight excluding hydrogens is 705 g/mol. The van der Waals surface area contributed by atoms with E-state index < -0.39 is 76.3 Å². The van der Waals surface area contributed by atoms with Gasteiger partial charge in [0, 0.05) is 0 Å². The van der Waals surface area contributed by atoms with Crippen molar-refractivity contribution in [3.8, 4) is 17.2 Å². The largest absolute Gasteiger partial charge is 0.488 e. The van der Waals surface area contributed by atoms with Crippen LogP contribution in [0.1, 0.15) is 47.1 Å². The summed E-state index contributed by atoms with van der Waals surface area (Å²) in [4.78, 5) is -2.86. The number of benzene rings is 4. The zero-order valence-corrected chi connectivity index (χ0v) is 30.0. The Morgan fingerprint density at radius 2 is 0.896 bits per heavy atom. The number of sulfone groups is 2. The second-order valence-corrected chi connectivity index (χ2v) is 19.4. The molecule has 0 heterocycles. The Balaban J connectivity index is 1.67. The second kappa shape index (κ2) is 12.6. The van der Waals surface area contributed by atoms with Crippen LogP contribution in [0.4, 0.5) is 0 Å². The third-order valence-corrected chi connectivity index (χ3v) is 12.1. The molecule has 4 aromatic rings. The Hall–Kier alpha value is -3.80. The Morgan fingerprint density at radius 3 is 1.33 bits per heavy atom. The molecular formula is C32H34O12S4. The molecule has 2 N–H and O–H groups in total. The molecule has 0 bridgehead atoms. The minimum atomic E-state index is -5.09. The molecule has 12 nitrogen and oxygen atoms in total. The lowest BCUT2D eigenvalue weighted by atomic mass is 9.87. The van der Waals surface area contributed by atoms with Crippen LogP contribution in [0.3, 0.4) is 0 Å². The van der Waals surface area contributed by atoms with Gasteiger partial charge in [-0.2, -0.15) is 16.8 Å². The van der Waals surface area contributed by atoms with Crippen LogP contribution < -0.4 is 9.47 Å². The van der Waals surface area contributed by atoms with E-state index >= 15 is 0 Å². The van der Waals surface area contributed by atoms with E-state index in [1.165, 1.54) is 54.6 Å². The van der Waals surface area contributed by atoms with Crippen molar-refractivity contribution >= 4 is 39.9 Å². The van der Waals surface area contributed by atoms with E-state index in [1.54, 1.807) is 20.8 Å². The number of hydrogen-bond donors (Lipinski definition) is 2. The monoisotopic (exact) mass is 738 g/mol. The SMILES string of the molecule is CC(C)(C)Oc1ccc(S(=O)(=O)c2ccc(Oc3ccc(S(=O)(=O)c4ccc(C(C)(C)C)c(S(=O)(=O)O)c4)cc3S(=O)(=O)O)cc2)cc1. The van der Waals surface area contributed by atoms with Crippen LogP contribution in [0.15, 0.2) is 114 Å². The average Bonchev–Trinajstić information content (AvgIpc) is 2.95. The highest BCUT2D eigenvalue weighted by molar-refractivity contribution is 7.92. The van der Waals surface area contributed by atoms with Crippen LogP contribution in [-0.2, 0) is 45.3 Å². The van der Waals surface area contributed by atoms with E-state index in [0.717, 1.165) is 24.3 Å². The maximum Gasteiger partial charge on any atom is 0.298 e. The smallest absolute Gasteiger partial charge is 0.298 e. The second-order valence-electron chi connectivity index (χ2n) is 12.7. The van der Waals surface area contributed by atoms with Crippen molar-refractivity contribution in [3.05, 3.63) is 90.5 Å². The van der Waals surface area contributed by atoms with Crippen molar-refractivity contribution in [2.45, 2.75) is 81.9 Å². The van der Waals surface area contributed by atoms with Gasteiger partial charge in [-0.3, -0.25) is 9.11 Å². The molecule has 4 rings (SSSR count). The molecule has 0 amide bonds. The fourth-order valence-electron chi connectivity index (χ4n) is 4.57. The van der Waals surface area contributed by atoms with Gasteiger partial charge >= 0.3 is 0 Å². The predicted molar refractivity (Wildman–Crippen MR) is 175 cm³/mol. The minimum Gasteiger partial charge on any atom is -0.488 e. The Morgan fingerprint density at radius 1 is 0.500 bits per heavy atom. The first-order valence-electron chi connectivity index (χ1n) is 14.1. The highest BCUT2D eigenvalue weighted by Crippen LogP contribution is 2.36. The van der Waals surface area contributed by atoms with Gasteiger partial charge in [0.25, 0.3) is 20.2 Å². The number of ether oxygens (including phenoxy) is 2. The summed E-state index contributed by atoms with van der Waals surface area (Å²) in [5.74, 6) is -0.0397. The first-order valence-corrected chi connectivity index (χ1v) is 20.0. The summed E-state index contributed by atoms with van der Waals surface area (Å²) in [7, 11) is -18.5. The quantitative estimate of drug-likeness (QED) is 0.187. The van der Waals surface area contributed by atoms with Crippen LogP contribution in [0.2, 0.25) is 0 Å². The molecule has 48 heavy (non-hydrogen) atoms. The normalized spacial score (nSPS) is 13.2. The van der Waals surface area contributed by atoms with Crippen LogP contribution in [0, 0.1) is 0 Å². The molecule has 0 aromatic heterocycles. The summed E-state index contributed by atoms with van der Waals surface area (Å²) in [5, 5.41) is 0. The lowest BCUT2D eigenvalue weighted by Crippen LogP contribution is -2.22. The maximum atomic E-state index is 13.5. The van der Waals surface area contributed by atoms with Gasteiger partial charge < -0.3 is 9.47 Å². The van der Waals surface area contributed by atoms with Gasteiger partial charge in [0.15, 0.2) is 0 Å². The van der Waals surface area contributed by atoms with E-state index in [2.05, 4.69) is 0 Å². The first-order chi connectivity index (χ1) is 21.8. The summed E-state index contributed by atoms with van der Waals surface area (Å²) in [6.07, 6.45) is 0. The van der Waals surface area contributed by atoms with E-state index in [1.807, 2.05) is 20.8 Å². The molecule has 0 unspecified atom stereocenters. The van der Waals surface area contributed by atoms with Crippen LogP contribution in [-0.4, -0.2) is 48.4 Å². The van der Waals surface area contributed by atoms with Crippen LogP contribution >= 0.6 is 0 Å². The molecule has 258 valence electrons. The number of rotatable bonds is 9. The Kier molecular flexibility index (Phi) is 9.70. The Labute approximate surface area is 280 Å². The molecule has 0 aliphatic heterocycles. The van der Waals surface area contributed by atoms with Crippen molar-refractivity contribution < 1.29 is 52.3 Å². The van der Waals surface area contributed by atoms with E-state index in [4.69, 9.17) is 9.47 Å². The average molecular weight is 739 g/mol. The lowest BCUT2D eigenvalue weighted by molar-refractivity contribution is 0.131. The molecule has 0 saturated heterocycles. The standard InChI is InChI=1S/C32H34O12S4/c1-31(2,3)27-17-15-25(19-29(27)47(37,38)39)46(35,36)26-16-18-28(30(20-26)48(40,41)42)43-21-7-11-23(12-8-21)45(33,34)24-13-9-22(10-14-24)44-32(4,5)6/h7-20H,1-6H3,(H,37,38,39)(H,40,41,42). The summed E-state index contributed by atoms with van der Waals surface area (Å²) in [6, 6.07) is 16.5. The van der Waals surface area contributed by atoms with Gasteiger partial charge in [-0.1, -0.05) is 26.8 Å². The Bertz CT molecular complexity index is 2300. The molecule has 0 aliphatic carbocycles. The zero-order valence-electron chi connectivity index (χ0n) is 26.7. The molecule has 16 heteroatoms. The van der Waals surface area contributed by atoms with Gasteiger partial charge in [-0.05, 0) is 111 Å². The minimum absolute atomic E-state index is 0.000333. The lowest BCUT2D eigenvalue weighted by Gasteiger charge is -2.22. The maximum absolute atomic E-state index is 13.5. The molecule has 0 fully saturated rings. The molecule has 0 saturated carbocycles. The first kappa shape index (κ1) is 37.0. The summed E-state index contributed by atoms with van der Waals surface area (Å²) >= 11 is 0. The van der Waals surface area contributed by atoms with Crippen molar-refractivity contribution in [1.82, 2.24) is 0 Å². The van der Waals surface area contributed by atoms with Crippen molar-refractivity contribution in [2.75, 3.05) is 0 Å². The fraction of sp³-hybridized carbons (Fsp3) is 0.250. The third kappa shape index (κ3) is 8.25. The van der Waals surface area contributed by atoms with Gasteiger partial charge in [-0.15, -0.1) is 0 Å². The van der Waals surface area contributed by atoms with Crippen LogP contribution in [0.5, 0.6) is 17.2 Å². The summed E-state index contributed by atoms with van der Waals surface area (Å²) in [6.45, 7) is 10.6. The highest BCUT2D eigenvalue weighted by atomic mass is 32.2. The van der Waals surface area contributed by atoms with E-state index in [-0.39, 0.29) is 21.1 Å². The number of hydrogen-bond acceptors (Lipinski definition) is 10. The van der Waals surface area contributed by atoms with Gasteiger partial charge in [-0.25, -0.2) is 16.8 Å². The zero-order chi connectivity index (χ0) is 36.1. The molecule has 4 aromatic carbocycles. The topological polar surface area (TPSA) is 195 Å². The third-order valence-electron chi connectivity index (χ3n) is 6.77. The van der Waals surface area contributed by atoms with Crippen molar-refractivity contribution in [3.63, 3.8) is 0 Å². The van der Waals surface area contributed by atoms with Gasteiger partial charge in [0.1, 0.15) is 27.7 Å². The summed E-state index contributed by atoms with van der Waals surface area (Å²) in [5.41, 5.74) is -1.12. The van der Waals surface area contributed by atoms with Crippen molar-refractivity contribution in [2.24, 2.45) is 0 Å². The van der Waals surface area contributed by atoms with Gasteiger partial charge in [0.05, 0.1) is 24.5 Å². The molecule has 0 spiro atoms. The van der Waals surface area contributed by atoms with Gasteiger partial charge in [0.2, 0.25) is 19.7 Å². The predicted octanol–water partition coefficient (Wildman–Crippen LogP) is 6.11. The van der Waals surface area contributed by atoms with Crippen molar-refractivity contribution in [1.29, 1.82) is 0 Å². The summed E-state index contributed by atoms with van der Waals surface area (Å²) < 4.78 is 133. The molecule has 0 radical (unpaired) electrons. The fourth-order valence-corrected chi connectivity index (χ4v) is 8.86. The van der Waals surface area contributed by atoms with E-state index in [0.29, 0.717) is 11.8 Å². The van der Waals surface area contributed by atoms with Crippen LogP contribution in [0.25, 0.3) is 0 Å². The highest BCUT2D eigenvalue weighted by Gasteiger charge is 2.30. The molecule has 0 aliphatic rings. The molecule has 0 atom stereocenters.